The van der Waals surface area contributed by atoms with Crippen LogP contribution in [0.2, 0.25) is 0 Å². The maximum absolute atomic E-state index is 4.32. The zero-order valence-electron chi connectivity index (χ0n) is 11.6. The summed E-state index contributed by atoms with van der Waals surface area (Å²) < 4.78 is 2.18. The molecule has 0 fully saturated rings. The van der Waals surface area contributed by atoms with Crippen LogP contribution in [0.15, 0.2) is 48.9 Å². The van der Waals surface area contributed by atoms with Crippen LogP contribution >= 0.6 is 0 Å². The summed E-state index contributed by atoms with van der Waals surface area (Å²) >= 11 is 0. The molecule has 3 heterocycles. The highest BCUT2D eigenvalue weighted by atomic mass is 15.3. The second-order valence-electron chi connectivity index (χ2n) is 5.40. The van der Waals surface area contributed by atoms with E-state index in [4.69, 9.17) is 0 Å². The zero-order chi connectivity index (χ0) is 14.1. The quantitative estimate of drug-likeness (QED) is 0.736. The molecule has 1 atom stereocenters. The Hall–Kier alpha value is -2.56. The van der Waals surface area contributed by atoms with Gasteiger partial charge in [-0.15, -0.1) is 10.2 Å². The van der Waals surface area contributed by atoms with Crippen LogP contribution in [-0.4, -0.2) is 24.7 Å². The summed E-state index contributed by atoms with van der Waals surface area (Å²) in [6.45, 7) is 0.948. The molecule has 0 saturated carbocycles. The summed E-state index contributed by atoms with van der Waals surface area (Å²) in [7, 11) is 0. The van der Waals surface area contributed by atoms with Crippen LogP contribution in [0.4, 0.5) is 0 Å². The predicted molar refractivity (Wildman–Crippen MR) is 78.4 cm³/mol. The molecular weight excluding hydrogens is 262 g/mol. The molecule has 0 saturated heterocycles. The van der Waals surface area contributed by atoms with Gasteiger partial charge in [0.2, 0.25) is 0 Å². The zero-order valence-corrected chi connectivity index (χ0v) is 11.6. The molecule has 1 aromatic carbocycles. The van der Waals surface area contributed by atoms with Crippen molar-refractivity contribution in [3.05, 3.63) is 60.3 Å². The smallest absolute Gasteiger partial charge is 0.184 e. The van der Waals surface area contributed by atoms with Crippen molar-refractivity contribution in [3.8, 4) is 11.5 Å². The van der Waals surface area contributed by atoms with Crippen molar-refractivity contribution >= 4 is 0 Å². The van der Waals surface area contributed by atoms with Crippen molar-refractivity contribution in [3.63, 3.8) is 0 Å². The van der Waals surface area contributed by atoms with Gasteiger partial charge in [0.1, 0.15) is 11.5 Å². The van der Waals surface area contributed by atoms with E-state index in [0.29, 0.717) is 5.92 Å². The van der Waals surface area contributed by atoms with Crippen LogP contribution in [0.5, 0.6) is 0 Å². The maximum atomic E-state index is 4.32. The van der Waals surface area contributed by atoms with E-state index in [1.807, 2.05) is 0 Å². The van der Waals surface area contributed by atoms with Crippen molar-refractivity contribution in [2.75, 3.05) is 0 Å². The average Bonchev–Trinajstić information content (AvgIpc) is 3.09. The molecule has 3 aromatic rings. The molecule has 0 radical (unpaired) electrons. The summed E-state index contributed by atoms with van der Waals surface area (Å²) in [5.74, 6) is 2.46. The summed E-state index contributed by atoms with van der Waals surface area (Å²) in [6, 6.07) is 10.6. The first-order valence-electron chi connectivity index (χ1n) is 7.12. The Morgan fingerprint density at radius 3 is 2.81 bits per heavy atom. The lowest BCUT2D eigenvalue weighted by Gasteiger charge is -2.09. The van der Waals surface area contributed by atoms with Gasteiger partial charge in [0.25, 0.3) is 0 Å². The van der Waals surface area contributed by atoms with Gasteiger partial charge in [0.15, 0.2) is 5.82 Å². The SMILES string of the molecule is c1ccc(CC2Cc3nnc(-c4cnccn4)n3C2)cc1. The van der Waals surface area contributed by atoms with Crippen LogP contribution in [0, 0.1) is 5.92 Å². The number of aromatic nitrogens is 5. The molecule has 0 N–H and O–H groups in total. The Labute approximate surface area is 122 Å². The monoisotopic (exact) mass is 277 g/mol. The van der Waals surface area contributed by atoms with Gasteiger partial charge in [-0.2, -0.15) is 0 Å². The molecule has 0 aliphatic carbocycles. The molecule has 2 aromatic heterocycles. The number of hydrogen-bond donors (Lipinski definition) is 0. The first-order chi connectivity index (χ1) is 10.4. The van der Waals surface area contributed by atoms with E-state index in [2.05, 4.69) is 55.1 Å². The summed E-state index contributed by atoms with van der Waals surface area (Å²) in [5, 5.41) is 8.57. The van der Waals surface area contributed by atoms with Crippen molar-refractivity contribution in [2.45, 2.75) is 19.4 Å². The summed E-state index contributed by atoms with van der Waals surface area (Å²) in [5.41, 5.74) is 2.17. The second-order valence-corrected chi connectivity index (χ2v) is 5.40. The van der Waals surface area contributed by atoms with E-state index in [9.17, 15) is 0 Å². The standard InChI is InChI=1S/C16H15N5/c1-2-4-12(5-3-1)8-13-9-15-19-20-16(21(15)11-13)14-10-17-6-7-18-14/h1-7,10,13H,8-9,11H2. The molecule has 0 spiro atoms. The normalized spacial score (nSPS) is 16.9. The molecule has 0 bridgehead atoms. The Kier molecular flexibility index (Phi) is 2.96. The minimum absolute atomic E-state index is 0.577. The highest BCUT2D eigenvalue weighted by Crippen LogP contribution is 2.27. The van der Waals surface area contributed by atoms with Crippen LogP contribution in [0.25, 0.3) is 11.5 Å². The van der Waals surface area contributed by atoms with E-state index < -0.39 is 0 Å². The van der Waals surface area contributed by atoms with Gasteiger partial charge in [0, 0.05) is 25.4 Å². The molecule has 104 valence electrons. The molecule has 0 amide bonds. The molecule has 21 heavy (non-hydrogen) atoms. The minimum atomic E-state index is 0.577. The molecular formula is C16H15N5. The van der Waals surface area contributed by atoms with E-state index in [-0.39, 0.29) is 0 Å². The van der Waals surface area contributed by atoms with Crippen LogP contribution in [0.1, 0.15) is 11.4 Å². The average molecular weight is 277 g/mol. The molecule has 5 nitrogen and oxygen atoms in total. The van der Waals surface area contributed by atoms with E-state index in [1.165, 1.54) is 5.56 Å². The first kappa shape index (κ1) is 12.2. The molecule has 4 rings (SSSR count). The molecule has 5 heteroatoms. The minimum Gasteiger partial charge on any atom is -0.309 e. The Morgan fingerprint density at radius 2 is 2.00 bits per heavy atom. The van der Waals surface area contributed by atoms with Crippen molar-refractivity contribution in [1.82, 2.24) is 24.7 Å². The number of fused-ring (bicyclic) bond motifs is 1. The van der Waals surface area contributed by atoms with Gasteiger partial charge in [-0.05, 0) is 17.9 Å². The van der Waals surface area contributed by atoms with Gasteiger partial charge in [-0.1, -0.05) is 30.3 Å². The van der Waals surface area contributed by atoms with E-state index >= 15 is 0 Å². The van der Waals surface area contributed by atoms with Gasteiger partial charge in [0.05, 0.1) is 6.20 Å². The summed E-state index contributed by atoms with van der Waals surface area (Å²) in [6.07, 6.45) is 7.14. The van der Waals surface area contributed by atoms with E-state index in [0.717, 1.165) is 36.7 Å². The third-order valence-electron chi connectivity index (χ3n) is 3.90. The Morgan fingerprint density at radius 1 is 1.10 bits per heavy atom. The Balaban J connectivity index is 1.56. The number of nitrogens with zero attached hydrogens (tertiary/aromatic N) is 5. The fraction of sp³-hybridized carbons (Fsp3) is 0.250. The third kappa shape index (κ3) is 2.31. The van der Waals surface area contributed by atoms with Gasteiger partial charge >= 0.3 is 0 Å². The third-order valence-corrected chi connectivity index (χ3v) is 3.90. The lowest BCUT2D eigenvalue weighted by Crippen LogP contribution is -2.08. The molecule has 1 aliphatic rings. The fourth-order valence-electron chi connectivity index (χ4n) is 2.95. The Bertz CT molecular complexity index is 736. The molecule has 1 aliphatic heterocycles. The van der Waals surface area contributed by atoms with Gasteiger partial charge in [-0.3, -0.25) is 4.98 Å². The topological polar surface area (TPSA) is 56.5 Å². The van der Waals surface area contributed by atoms with Crippen LogP contribution < -0.4 is 0 Å². The maximum Gasteiger partial charge on any atom is 0.184 e. The van der Waals surface area contributed by atoms with Crippen LogP contribution in [0.3, 0.4) is 0 Å². The first-order valence-corrected chi connectivity index (χ1v) is 7.12. The van der Waals surface area contributed by atoms with E-state index in [1.54, 1.807) is 18.6 Å². The van der Waals surface area contributed by atoms with Crippen molar-refractivity contribution in [1.29, 1.82) is 0 Å². The van der Waals surface area contributed by atoms with Gasteiger partial charge in [-0.25, -0.2) is 4.98 Å². The highest BCUT2D eigenvalue weighted by Gasteiger charge is 2.27. The lowest BCUT2D eigenvalue weighted by atomic mass is 9.98. The van der Waals surface area contributed by atoms with Crippen molar-refractivity contribution < 1.29 is 0 Å². The lowest BCUT2D eigenvalue weighted by molar-refractivity contribution is 0.508. The highest BCUT2D eigenvalue weighted by molar-refractivity contribution is 5.47. The van der Waals surface area contributed by atoms with Crippen molar-refractivity contribution in [2.24, 2.45) is 5.92 Å². The largest absolute Gasteiger partial charge is 0.309 e. The number of hydrogen-bond acceptors (Lipinski definition) is 4. The second kappa shape index (κ2) is 5.09. The number of rotatable bonds is 3. The predicted octanol–water partition coefficient (Wildman–Crippen LogP) is 2.15. The molecule has 1 unspecified atom stereocenters. The van der Waals surface area contributed by atoms with Gasteiger partial charge < -0.3 is 4.57 Å². The fourth-order valence-corrected chi connectivity index (χ4v) is 2.95. The number of benzene rings is 1. The summed E-state index contributed by atoms with van der Waals surface area (Å²) in [4.78, 5) is 8.43. The van der Waals surface area contributed by atoms with Crippen LogP contribution in [-0.2, 0) is 19.4 Å².